The van der Waals surface area contributed by atoms with Gasteiger partial charge in [-0.3, -0.25) is 4.57 Å². The third-order valence-corrected chi connectivity index (χ3v) is 10.5. The maximum absolute atomic E-state index is 13.5. The molecule has 1 saturated carbocycles. The molecule has 3 aromatic heterocycles. The average molecular weight is 645 g/mol. The summed E-state index contributed by atoms with van der Waals surface area (Å²) in [5.41, 5.74) is -0.438. The Kier molecular flexibility index (Phi) is 7.07. The summed E-state index contributed by atoms with van der Waals surface area (Å²) in [6.45, 7) is 4.02. The third-order valence-electron chi connectivity index (χ3n) is 8.04. The Hall–Kier alpha value is -4.05. The minimum atomic E-state index is -4.09. The monoisotopic (exact) mass is 644 g/mol. The van der Waals surface area contributed by atoms with E-state index in [1.807, 2.05) is 11.0 Å². The summed E-state index contributed by atoms with van der Waals surface area (Å²) in [6.07, 6.45) is -0.652. The van der Waals surface area contributed by atoms with Gasteiger partial charge in [-0.15, -0.1) is 10.2 Å². The first kappa shape index (κ1) is 28.7. The SMILES string of the molecule is N#CC1(NS(=O)(=O)c2ccc3c4c(N5CCN(C(=O)N6CCOCC6)CC5)ncnc4n(-c4nnc(C(F)F)s4)c3c2)CC1. The van der Waals surface area contributed by atoms with Crippen molar-refractivity contribution in [3.05, 3.63) is 29.5 Å². The Morgan fingerprint density at radius 1 is 1.07 bits per heavy atom. The molecule has 230 valence electrons. The largest absolute Gasteiger partial charge is 0.378 e. The molecule has 1 aliphatic carbocycles. The molecule has 7 rings (SSSR count). The minimum Gasteiger partial charge on any atom is -0.378 e. The number of hydrogen-bond acceptors (Lipinski definition) is 11. The summed E-state index contributed by atoms with van der Waals surface area (Å²) in [4.78, 5) is 27.6. The number of benzene rings is 1. The smallest absolute Gasteiger partial charge is 0.320 e. The van der Waals surface area contributed by atoms with E-state index in [-0.39, 0.29) is 16.1 Å². The Morgan fingerprint density at radius 2 is 1.80 bits per heavy atom. The number of nitrogens with one attached hydrogen (secondary N) is 1. The molecule has 2 aliphatic heterocycles. The zero-order valence-electron chi connectivity index (χ0n) is 23.2. The molecule has 18 heteroatoms. The van der Waals surface area contributed by atoms with E-state index >= 15 is 0 Å². The van der Waals surface area contributed by atoms with E-state index in [1.54, 1.807) is 15.9 Å². The zero-order chi connectivity index (χ0) is 30.6. The van der Waals surface area contributed by atoms with Crippen LogP contribution in [0.1, 0.15) is 24.3 Å². The number of carbonyl (C=O) groups excluding carboxylic acids is 1. The van der Waals surface area contributed by atoms with E-state index in [9.17, 15) is 27.3 Å². The zero-order valence-corrected chi connectivity index (χ0v) is 24.8. The summed E-state index contributed by atoms with van der Waals surface area (Å²) in [7, 11) is -4.09. The van der Waals surface area contributed by atoms with Gasteiger partial charge in [-0.25, -0.2) is 32.0 Å². The number of nitrogens with zero attached hydrogens (tertiary/aromatic N) is 9. The number of carbonyl (C=O) groups is 1. The number of morpholine rings is 1. The van der Waals surface area contributed by atoms with Gasteiger partial charge >= 0.3 is 6.03 Å². The van der Waals surface area contributed by atoms with Crippen molar-refractivity contribution in [3.8, 4) is 11.2 Å². The van der Waals surface area contributed by atoms with E-state index in [2.05, 4.69) is 24.9 Å². The van der Waals surface area contributed by atoms with E-state index in [4.69, 9.17) is 4.74 Å². The number of piperazine rings is 1. The number of fused-ring (bicyclic) bond motifs is 3. The van der Waals surface area contributed by atoms with Crippen molar-refractivity contribution in [2.45, 2.75) is 29.7 Å². The van der Waals surface area contributed by atoms with Crippen molar-refractivity contribution in [1.29, 1.82) is 5.26 Å². The molecule has 3 aliphatic rings. The number of anilines is 1. The number of aromatic nitrogens is 5. The fraction of sp³-hybridized carbons (Fsp3) is 0.462. The average Bonchev–Trinajstić information content (AvgIpc) is 3.48. The van der Waals surface area contributed by atoms with Gasteiger partial charge in [0, 0.05) is 44.7 Å². The van der Waals surface area contributed by atoms with Gasteiger partial charge in [0.1, 0.15) is 17.7 Å². The first-order valence-electron chi connectivity index (χ1n) is 13.9. The highest BCUT2D eigenvalue weighted by Crippen LogP contribution is 2.40. The fourth-order valence-electron chi connectivity index (χ4n) is 5.55. The van der Waals surface area contributed by atoms with Crippen LogP contribution in [-0.2, 0) is 14.8 Å². The molecule has 0 atom stereocenters. The van der Waals surface area contributed by atoms with E-state index in [0.29, 0.717) is 104 Å². The van der Waals surface area contributed by atoms with E-state index < -0.39 is 27.0 Å². The standard InChI is InChI=1S/C26H26F2N10O4S2/c27-20(28)23-32-33-24(43-23)38-18-13-16(44(40,41)34-26(14-29)3-4-26)1-2-17(18)19-21(30-15-31-22(19)38)35-5-7-36(8-6-35)25(39)37-9-11-42-12-10-37/h1-2,13,15,20,34H,3-12H2. The Morgan fingerprint density at radius 3 is 2.45 bits per heavy atom. The third kappa shape index (κ3) is 4.99. The summed E-state index contributed by atoms with van der Waals surface area (Å²) in [6, 6.07) is 6.46. The van der Waals surface area contributed by atoms with Crippen LogP contribution in [0, 0.1) is 11.3 Å². The molecule has 2 amide bonds. The highest BCUT2D eigenvalue weighted by Gasteiger charge is 2.47. The molecular weight excluding hydrogens is 618 g/mol. The van der Waals surface area contributed by atoms with E-state index in [0.717, 1.165) is 0 Å². The molecule has 3 fully saturated rings. The van der Waals surface area contributed by atoms with Crippen molar-refractivity contribution < 1.29 is 26.7 Å². The number of hydrogen-bond donors (Lipinski definition) is 1. The summed E-state index contributed by atoms with van der Waals surface area (Å²) in [5.74, 6) is 0.561. The first-order chi connectivity index (χ1) is 21.2. The summed E-state index contributed by atoms with van der Waals surface area (Å²) >= 11 is 0.675. The van der Waals surface area contributed by atoms with Gasteiger partial charge in [0.25, 0.3) is 6.43 Å². The molecule has 4 aromatic rings. The molecular formula is C26H26F2N10O4S2. The summed E-state index contributed by atoms with van der Waals surface area (Å²) < 4.78 is 62.9. The second kappa shape index (κ2) is 10.8. The predicted molar refractivity (Wildman–Crippen MR) is 154 cm³/mol. The Bertz CT molecular complexity index is 1910. The maximum Gasteiger partial charge on any atom is 0.320 e. The van der Waals surface area contributed by atoms with Crippen molar-refractivity contribution in [2.24, 2.45) is 0 Å². The van der Waals surface area contributed by atoms with Crippen LogP contribution in [0.3, 0.4) is 0 Å². The van der Waals surface area contributed by atoms with Crippen LogP contribution in [0.4, 0.5) is 19.4 Å². The van der Waals surface area contributed by atoms with Crippen LogP contribution in [0.5, 0.6) is 0 Å². The minimum absolute atomic E-state index is 0.0322. The number of urea groups is 1. The van der Waals surface area contributed by atoms with Gasteiger partial charge in [0.05, 0.1) is 35.1 Å². The number of sulfonamides is 1. The number of rotatable bonds is 6. The van der Waals surface area contributed by atoms with Crippen molar-refractivity contribution in [2.75, 3.05) is 57.4 Å². The molecule has 44 heavy (non-hydrogen) atoms. The number of halogens is 2. The molecule has 1 N–H and O–H groups in total. The Labute approximate surface area is 253 Å². The van der Waals surface area contributed by atoms with Crippen molar-refractivity contribution in [1.82, 2.24) is 39.3 Å². The van der Waals surface area contributed by atoms with Crippen LogP contribution >= 0.6 is 11.3 Å². The van der Waals surface area contributed by atoms with Crippen LogP contribution in [-0.4, -0.2) is 107 Å². The summed E-state index contributed by atoms with van der Waals surface area (Å²) in [5, 5.41) is 17.8. The molecule has 0 bridgehead atoms. The number of alkyl halides is 2. The van der Waals surface area contributed by atoms with Gasteiger partial charge in [0.2, 0.25) is 15.2 Å². The molecule has 2 saturated heterocycles. The molecule has 0 unspecified atom stereocenters. The lowest BCUT2D eigenvalue weighted by Gasteiger charge is -2.39. The second-order valence-electron chi connectivity index (χ2n) is 10.8. The highest BCUT2D eigenvalue weighted by atomic mass is 32.2. The van der Waals surface area contributed by atoms with E-state index in [1.165, 1.54) is 23.0 Å². The fourth-order valence-corrected chi connectivity index (χ4v) is 7.66. The number of amides is 2. The lowest BCUT2D eigenvalue weighted by Crippen LogP contribution is -2.55. The molecule has 0 radical (unpaired) electrons. The maximum atomic E-state index is 13.5. The molecule has 14 nitrogen and oxygen atoms in total. The predicted octanol–water partition coefficient (Wildman–Crippen LogP) is 2.27. The molecule has 0 spiro atoms. The van der Waals surface area contributed by atoms with Crippen LogP contribution in [0.25, 0.3) is 27.1 Å². The van der Waals surface area contributed by atoms with Gasteiger partial charge in [-0.05, 0) is 25.0 Å². The lowest BCUT2D eigenvalue weighted by molar-refractivity contribution is 0.0428. The normalized spacial score (nSPS) is 18.7. The quantitative estimate of drug-likeness (QED) is 0.330. The van der Waals surface area contributed by atoms with Gasteiger partial charge in [-0.1, -0.05) is 17.4 Å². The van der Waals surface area contributed by atoms with Crippen LogP contribution in [0.15, 0.2) is 29.4 Å². The second-order valence-corrected chi connectivity index (χ2v) is 13.5. The van der Waals surface area contributed by atoms with Gasteiger partial charge in [-0.2, -0.15) is 9.98 Å². The Balaban J connectivity index is 1.29. The van der Waals surface area contributed by atoms with Crippen LogP contribution < -0.4 is 9.62 Å². The topological polar surface area (TPSA) is 162 Å². The van der Waals surface area contributed by atoms with Gasteiger partial charge in [0.15, 0.2) is 10.7 Å². The molecule has 1 aromatic carbocycles. The van der Waals surface area contributed by atoms with Crippen LogP contribution in [0.2, 0.25) is 0 Å². The first-order valence-corrected chi connectivity index (χ1v) is 16.2. The van der Waals surface area contributed by atoms with Gasteiger partial charge < -0.3 is 19.4 Å². The lowest BCUT2D eigenvalue weighted by atomic mass is 10.2. The number of ether oxygens (including phenoxy) is 1. The van der Waals surface area contributed by atoms with Crippen molar-refractivity contribution in [3.63, 3.8) is 0 Å². The highest BCUT2D eigenvalue weighted by molar-refractivity contribution is 7.89. The number of nitriles is 1. The molecule has 5 heterocycles. The van der Waals surface area contributed by atoms with Crippen molar-refractivity contribution >= 4 is 55.1 Å².